The number of amides is 2. The number of nitrogens with zero attached hydrogens (tertiary/aromatic N) is 1. The van der Waals surface area contributed by atoms with Gasteiger partial charge in [-0.1, -0.05) is 18.2 Å². The molecule has 2 amide bonds. The van der Waals surface area contributed by atoms with Crippen LogP contribution in [0.1, 0.15) is 24.0 Å². The highest BCUT2D eigenvalue weighted by molar-refractivity contribution is 5.75. The highest BCUT2D eigenvalue weighted by atomic mass is 19.1. The first kappa shape index (κ1) is 19.0. The lowest BCUT2D eigenvalue weighted by atomic mass is 10.1. The average molecular weight is 372 g/mol. The van der Waals surface area contributed by atoms with Crippen molar-refractivity contribution in [1.29, 1.82) is 0 Å². The number of ether oxygens (including phenoxy) is 2. The van der Waals surface area contributed by atoms with E-state index in [-0.39, 0.29) is 17.9 Å². The topological polar surface area (TPSA) is 50.8 Å². The molecule has 1 N–H and O–H groups in total. The molecule has 5 nitrogen and oxygen atoms in total. The second-order valence-corrected chi connectivity index (χ2v) is 6.66. The number of carbonyl (C=O) groups excluding carboxylic acids is 1. The second kappa shape index (κ2) is 8.75. The van der Waals surface area contributed by atoms with Gasteiger partial charge in [-0.25, -0.2) is 9.18 Å². The zero-order valence-corrected chi connectivity index (χ0v) is 15.7. The smallest absolute Gasteiger partial charge is 0.317 e. The normalized spacial score (nSPS) is 13.1. The Morgan fingerprint density at radius 3 is 2.37 bits per heavy atom. The molecular formula is C21H25FN2O3. The summed E-state index contributed by atoms with van der Waals surface area (Å²) in [6.07, 6.45) is 2.73. The van der Waals surface area contributed by atoms with Crippen LogP contribution in [0, 0.1) is 5.82 Å². The predicted octanol–water partition coefficient (Wildman–Crippen LogP) is 3.76. The molecule has 0 spiro atoms. The molecule has 1 fully saturated rings. The fourth-order valence-electron chi connectivity index (χ4n) is 2.99. The number of methoxy groups -OCH3 is 2. The molecule has 2 aromatic rings. The second-order valence-electron chi connectivity index (χ2n) is 6.66. The first-order valence-corrected chi connectivity index (χ1v) is 9.10. The Balaban J connectivity index is 1.54. The molecule has 1 saturated carbocycles. The number of urea groups is 1. The molecule has 0 bridgehead atoms. The lowest BCUT2D eigenvalue weighted by Crippen LogP contribution is -2.41. The molecular weight excluding hydrogens is 347 g/mol. The minimum atomic E-state index is -0.268. The summed E-state index contributed by atoms with van der Waals surface area (Å²) >= 11 is 0. The molecule has 1 aliphatic rings. The van der Waals surface area contributed by atoms with E-state index in [0.717, 1.165) is 24.0 Å². The Hall–Kier alpha value is -2.76. The molecule has 0 atom stereocenters. The number of hydrogen-bond donors (Lipinski definition) is 1. The van der Waals surface area contributed by atoms with Crippen LogP contribution in [-0.2, 0) is 13.0 Å². The molecule has 0 saturated heterocycles. The molecule has 1 aliphatic carbocycles. The van der Waals surface area contributed by atoms with Crippen molar-refractivity contribution in [1.82, 2.24) is 10.2 Å². The summed E-state index contributed by atoms with van der Waals surface area (Å²) in [7, 11) is 3.21. The van der Waals surface area contributed by atoms with Crippen molar-refractivity contribution in [2.24, 2.45) is 0 Å². The number of carbonyl (C=O) groups is 1. The molecule has 0 unspecified atom stereocenters. The summed E-state index contributed by atoms with van der Waals surface area (Å²) in [5, 5.41) is 2.99. The van der Waals surface area contributed by atoms with E-state index in [0.29, 0.717) is 31.0 Å². The van der Waals surface area contributed by atoms with Crippen LogP contribution in [0.4, 0.5) is 9.18 Å². The molecule has 3 rings (SSSR count). The Bertz CT molecular complexity index is 775. The van der Waals surface area contributed by atoms with Crippen LogP contribution in [0.15, 0.2) is 42.5 Å². The average Bonchev–Trinajstić information content (AvgIpc) is 3.52. The van der Waals surface area contributed by atoms with Crippen molar-refractivity contribution < 1.29 is 18.7 Å². The van der Waals surface area contributed by atoms with Crippen LogP contribution in [0.3, 0.4) is 0 Å². The van der Waals surface area contributed by atoms with Crippen LogP contribution in [0.2, 0.25) is 0 Å². The van der Waals surface area contributed by atoms with Crippen LogP contribution in [0.25, 0.3) is 0 Å². The lowest BCUT2D eigenvalue weighted by Gasteiger charge is -2.23. The minimum absolute atomic E-state index is 0.0812. The van der Waals surface area contributed by atoms with E-state index in [9.17, 15) is 9.18 Å². The van der Waals surface area contributed by atoms with Crippen molar-refractivity contribution in [3.8, 4) is 11.5 Å². The van der Waals surface area contributed by atoms with Gasteiger partial charge in [0.1, 0.15) is 5.82 Å². The highest BCUT2D eigenvalue weighted by Gasteiger charge is 2.32. The third-order valence-corrected chi connectivity index (χ3v) is 4.65. The van der Waals surface area contributed by atoms with Gasteiger partial charge in [0.25, 0.3) is 0 Å². The molecule has 2 aromatic carbocycles. The van der Waals surface area contributed by atoms with E-state index in [4.69, 9.17) is 9.47 Å². The van der Waals surface area contributed by atoms with E-state index >= 15 is 0 Å². The van der Waals surface area contributed by atoms with Crippen LogP contribution in [-0.4, -0.2) is 37.7 Å². The van der Waals surface area contributed by atoms with Crippen LogP contribution < -0.4 is 14.8 Å². The molecule has 27 heavy (non-hydrogen) atoms. The minimum Gasteiger partial charge on any atom is -0.493 e. The summed E-state index contributed by atoms with van der Waals surface area (Å²) in [6, 6.07) is 12.2. The van der Waals surface area contributed by atoms with E-state index in [1.807, 2.05) is 23.1 Å². The Morgan fingerprint density at radius 2 is 1.74 bits per heavy atom. The van der Waals surface area contributed by atoms with E-state index < -0.39 is 0 Å². The summed E-state index contributed by atoms with van der Waals surface area (Å²) < 4.78 is 23.6. The van der Waals surface area contributed by atoms with Crippen LogP contribution in [0.5, 0.6) is 11.5 Å². The van der Waals surface area contributed by atoms with Gasteiger partial charge in [0, 0.05) is 19.1 Å². The van der Waals surface area contributed by atoms with Gasteiger partial charge < -0.3 is 19.7 Å². The summed E-state index contributed by atoms with van der Waals surface area (Å²) in [4.78, 5) is 14.4. The SMILES string of the molecule is COc1ccc(CCNC(=O)N(Cc2ccc(F)cc2)C2CC2)cc1OC. The van der Waals surface area contributed by atoms with Gasteiger partial charge in [-0.15, -0.1) is 0 Å². The molecule has 6 heteroatoms. The fourth-order valence-corrected chi connectivity index (χ4v) is 2.99. The van der Waals surface area contributed by atoms with Crippen LogP contribution >= 0.6 is 0 Å². The fraction of sp³-hybridized carbons (Fsp3) is 0.381. The standard InChI is InChI=1S/C21H25FN2O3/c1-26-19-10-5-15(13-20(19)27-2)11-12-23-21(25)24(18-8-9-18)14-16-3-6-17(22)7-4-16/h3-7,10,13,18H,8-9,11-12,14H2,1-2H3,(H,23,25). The Kier molecular flexibility index (Phi) is 6.16. The molecule has 0 heterocycles. The van der Waals surface area contributed by atoms with Crippen molar-refractivity contribution in [3.63, 3.8) is 0 Å². The van der Waals surface area contributed by atoms with Gasteiger partial charge >= 0.3 is 6.03 Å². The third kappa shape index (κ3) is 5.12. The first-order chi connectivity index (χ1) is 13.1. The van der Waals surface area contributed by atoms with Gasteiger partial charge in [0.15, 0.2) is 11.5 Å². The van der Waals surface area contributed by atoms with Gasteiger partial charge in [-0.3, -0.25) is 0 Å². The summed E-state index contributed by atoms with van der Waals surface area (Å²) in [5.74, 6) is 1.10. The lowest BCUT2D eigenvalue weighted by molar-refractivity contribution is 0.192. The molecule has 0 aromatic heterocycles. The first-order valence-electron chi connectivity index (χ1n) is 9.10. The Labute approximate surface area is 159 Å². The molecule has 0 radical (unpaired) electrons. The number of hydrogen-bond acceptors (Lipinski definition) is 3. The third-order valence-electron chi connectivity index (χ3n) is 4.65. The summed E-state index contributed by atoms with van der Waals surface area (Å²) in [5.41, 5.74) is 1.99. The van der Waals surface area contributed by atoms with Crippen molar-refractivity contribution in [3.05, 3.63) is 59.4 Å². The largest absolute Gasteiger partial charge is 0.493 e. The maximum atomic E-state index is 13.1. The van der Waals surface area contributed by atoms with Crippen molar-refractivity contribution in [2.45, 2.75) is 31.8 Å². The van der Waals surface area contributed by atoms with Gasteiger partial charge in [-0.05, 0) is 54.7 Å². The van der Waals surface area contributed by atoms with Gasteiger partial charge in [-0.2, -0.15) is 0 Å². The number of benzene rings is 2. The van der Waals surface area contributed by atoms with E-state index in [1.165, 1.54) is 12.1 Å². The monoisotopic (exact) mass is 372 g/mol. The van der Waals surface area contributed by atoms with Gasteiger partial charge in [0.05, 0.1) is 14.2 Å². The number of nitrogens with one attached hydrogen (secondary N) is 1. The zero-order chi connectivity index (χ0) is 19.2. The molecule has 144 valence electrons. The highest BCUT2D eigenvalue weighted by Crippen LogP contribution is 2.29. The zero-order valence-electron chi connectivity index (χ0n) is 15.7. The summed E-state index contributed by atoms with van der Waals surface area (Å²) in [6.45, 7) is 1.02. The number of halogens is 1. The maximum absolute atomic E-state index is 13.1. The van der Waals surface area contributed by atoms with E-state index in [2.05, 4.69) is 5.32 Å². The quantitative estimate of drug-likeness (QED) is 0.768. The Morgan fingerprint density at radius 1 is 1.07 bits per heavy atom. The number of rotatable bonds is 8. The van der Waals surface area contributed by atoms with Crippen molar-refractivity contribution in [2.75, 3.05) is 20.8 Å². The van der Waals surface area contributed by atoms with E-state index in [1.54, 1.807) is 26.4 Å². The molecule has 0 aliphatic heterocycles. The predicted molar refractivity (Wildman–Crippen MR) is 102 cm³/mol. The van der Waals surface area contributed by atoms with Gasteiger partial charge in [0.2, 0.25) is 0 Å². The maximum Gasteiger partial charge on any atom is 0.317 e. The van der Waals surface area contributed by atoms with Crippen molar-refractivity contribution >= 4 is 6.03 Å².